The summed E-state index contributed by atoms with van der Waals surface area (Å²) in [5.74, 6) is -0.1000. The highest BCUT2D eigenvalue weighted by molar-refractivity contribution is 6.06. The number of allylic oxidation sites excluding steroid dienone is 2. The van der Waals surface area contributed by atoms with Gasteiger partial charge in [0.05, 0.1) is 0 Å². The predicted molar refractivity (Wildman–Crippen MR) is 74.0 cm³/mol. The number of aryl methyl sites for hydroxylation is 2. The molecule has 0 spiro atoms. The van der Waals surface area contributed by atoms with Crippen LogP contribution in [-0.2, 0) is 4.79 Å². The SMILES string of the molecule is Cc1cccc(C)c1NC(=O)C1=CC=CNC=C1. The van der Waals surface area contributed by atoms with Crippen LogP contribution in [-0.4, -0.2) is 5.91 Å². The summed E-state index contributed by atoms with van der Waals surface area (Å²) >= 11 is 0. The second-order valence-corrected chi connectivity index (χ2v) is 4.20. The highest BCUT2D eigenvalue weighted by Crippen LogP contribution is 2.20. The molecule has 0 unspecified atom stereocenters. The summed E-state index contributed by atoms with van der Waals surface area (Å²) in [6.07, 6.45) is 8.84. The predicted octanol–water partition coefficient (Wildman–Crippen LogP) is 2.80. The maximum atomic E-state index is 12.1. The van der Waals surface area contributed by atoms with Gasteiger partial charge in [0.2, 0.25) is 0 Å². The van der Waals surface area contributed by atoms with Crippen LogP contribution in [0.15, 0.2) is 54.4 Å². The van der Waals surface area contributed by atoms with E-state index in [0.29, 0.717) is 5.57 Å². The molecule has 1 heterocycles. The number of benzene rings is 1. The second-order valence-electron chi connectivity index (χ2n) is 4.20. The van der Waals surface area contributed by atoms with Gasteiger partial charge in [0.1, 0.15) is 0 Å². The smallest absolute Gasteiger partial charge is 0.255 e. The number of hydrogen-bond donors (Lipinski definition) is 2. The van der Waals surface area contributed by atoms with Crippen molar-refractivity contribution < 1.29 is 4.79 Å². The van der Waals surface area contributed by atoms with Gasteiger partial charge >= 0.3 is 0 Å². The average Bonchev–Trinajstić information content (AvgIpc) is 2.62. The quantitative estimate of drug-likeness (QED) is 0.834. The second kappa shape index (κ2) is 5.36. The van der Waals surface area contributed by atoms with E-state index < -0.39 is 0 Å². The monoisotopic (exact) mass is 240 g/mol. The largest absolute Gasteiger partial charge is 0.368 e. The molecule has 0 bridgehead atoms. The standard InChI is InChI=1S/C15H16N2O/c1-11-5-3-6-12(2)14(11)17-15(18)13-7-4-9-16-10-8-13/h3-10,16H,1-2H3,(H,17,18). The third-order valence-corrected chi connectivity index (χ3v) is 2.81. The summed E-state index contributed by atoms with van der Waals surface area (Å²) in [6.45, 7) is 3.97. The lowest BCUT2D eigenvalue weighted by molar-refractivity contribution is -0.112. The fourth-order valence-corrected chi connectivity index (χ4v) is 1.81. The molecule has 1 aliphatic heterocycles. The Morgan fingerprint density at radius 2 is 1.89 bits per heavy atom. The Morgan fingerprint density at radius 3 is 2.61 bits per heavy atom. The molecule has 0 saturated carbocycles. The molecule has 1 aliphatic rings. The molecule has 0 aliphatic carbocycles. The number of rotatable bonds is 2. The molecule has 3 heteroatoms. The van der Waals surface area contributed by atoms with Crippen molar-refractivity contribution in [3.8, 4) is 0 Å². The maximum absolute atomic E-state index is 12.1. The van der Waals surface area contributed by atoms with Gasteiger partial charge in [0, 0.05) is 23.7 Å². The minimum absolute atomic E-state index is 0.1000. The summed E-state index contributed by atoms with van der Waals surface area (Å²) in [4.78, 5) is 12.1. The summed E-state index contributed by atoms with van der Waals surface area (Å²) in [7, 11) is 0. The number of carbonyl (C=O) groups is 1. The Hall–Kier alpha value is -2.29. The molecular weight excluding hydrogens is 224 g/mol. The van der Waals surface area contributed by atoms with E-state index in [1.165, 1.54) is 0 Å². The van der Waals surface area contributed by atoms with Gasteiger partial charge in [-0.3, -0.25) is 4.79 Å². The first kappa shape index (κ1) is 12.2. The summed E-state index contributed by atoms with van der Waals surface area (Å²) in [5.41, 5.74) is 3.64. The third-order valence-electron chi connectivity index (χ3n) is 2.81. The molecule has 0 atom stereocenters. The van der Waals surface area contributed by atoms with Crippen molar-refractivity contribution in [2.45, 2.75) is 13.8 Å². The van der Waals surface area contributed by atoms with E-state index in [1.54, 1.807) is 30.6 Å². The van der Waals surface area contributed by atoms with Gasteiger partial charge in [0.25, 0.3) is 5.91 Å². The third kappa shape index (κ3) is 2.69. The normalized spacial score (nSPS) is 13.6. The summed E-state index contributed by atoms with van der Waals surface area (Å²) in [6, 6.07) is 5.96. The number of hydrogen-bond acceptors (Lipinski definition) is 2. The fourth-order valence-electron chi connectivity index (χ4n) is 1.81. The van der Waals surface area contributed by atoms with Crippen LogP contribution in [0.5, 0.6) is 0 Å². The molecule has 0 aromatic heterocycles. The molecular formula is C15H16N2O. The van der Waals surface area contributed by atoms with Gasteiger partial charge in [-0.2, -0.15) is 0 Å². The summed E-state index contributed by atoms with van der Waals surface area (Å²) in [5, 5.41) is 5.88. The van der Waals surface area contributed by atoms with Crippen LogP contribution in [0.25, 0.3) is 0 Å². The highest BCUT2D eigenvalue weighted by Gasteiger charge is 2.10. The fraction of sp³-hybridized carbons (Fsp3) is 0.133. The van der Waals surface area contributed by atoms with Crippen LogP contribution in [0.2, 0.25) is 0 Å². The number of nitrogens with one attached hydrogen (secondary N) is 2. The Bertz CT molecular complexity index is 533. The zero-order valence-electron chi connectivity index (χ0n) is 10.5. The van der Waals surface area contributed by atoms with Crippen LogP contribution >= 0.6 is 0 Å². The first-order chi connectivity index (χ1) is 8.68. The minimum atomic E-state index is -0.1000. The van der Waals surface area contributed by atoms with Crippen molar-refractivity contribution in [3.05, 3.63) is 65.5 Å². The molecule has 1 aromatic rings. The molecule has 0 radical (unpaired) electrons. The summed E-state index contributed by atoms with van der Waals surface area (Å²) < 4.78 is 0. The lowest BCUT2D eigenvalue weighted by atomic mass is 10.1. The number of para-hydroxylation sites is 1. The molecule has 1 aromatic carbocycles. The lowest BCUT2D eigenvalue weighted by Gasteiger charge is -2.11. The van der Waals surface area contributed by atoms with E-state index in [1.807, 2.05) is 32.0 Å². The van der Waals surface area contributed by atoms with Gasteiger partial charge in [-0.15, -0.1) is 0 Å². The van der Waals surface area contributed by atoms with Gasteiger partial charge in [-0.05, 0) is 43.2 Å². The number of carbonyl (C=O) groups excluding carboxylic acids is 1. The van der Waals surface area contributed by atoms with E-state index in [-0.39, 0.29) is 5.91 Å². The average molecular weight is 240 g/mol. The van der Waals surface area contributed by atoms with Crippen molar-refractivity contribution in [1.29, 1.82) is 0 Å². The van der Waals surface area contributed by atoms with Crippen LogP contribution in [0, 0.1) is 13.8 Å². The van der Waals surface area contributed by atoms with Crippen molar-refractivity contribution in [3.63, 3.8) is 0 Å². The Kier molecular flexibility index (Phi) is 3.63. The number of anilines is 1. The topological polar surface area (TPSA) is 41.1 Å². The van der Waals surface area contributed by atoms with Crippen LogP contribution in [0.1, 0.15) is 11.1 Å². The number of amides is 1. The van der Waals surface area contributed by atoms with Crippen molar-refractivity contribution in [2.24, 2.45) is 0 Å². The zero-order chi connectivity index (χ0) is 13.0. The maximum Gasteiger partial charge on any atom is 0.255 e. The van der Waals surface area contributed by atoms with Crippen molar-refractivity contribution in [2.75, 3.05) is 5.32 Å². The first-order valence-electron chi connectivity index (χ1n) is 5.85. The van der Waals surface area contributed by atoms with Gasteiger partial charge in [-0.1, -0.05) is 18.2 Å². The van der Waals surface area contributed by atoms with E-state index in [9.17, 15) is 4.79 Å². The lowest BCUT2D eigenvalue weighted by Crippen LogP contribution is -2.15. The molecule has 3 nitrogen and oxygen atoms in total. The molecule has 2 N–H and O–H groups in total. The van der Waals surface area contributed by atoms with E-state index in [2.05, 4.69) is 10.6 Å². The van der Waals surface area contributed by atoms with Crippen molar-refractivity contribution in [1.82, 2.24) is 5.32 Å². The Balaban J connectivity index is 2.22. The highest BCUT2D eigenvalue weighted by atomic mass is 16.1. The van der Waals surface area contributed by atoms with Crippen molar-refractivity contribution >= 4 is 11.6 Å². The Morgan fingerprint density at radius 1 is 1.17 bits per heavy atom. The van der Waals surface area contributed by atoms with Crippen LogP contribution < -0.4 is 10.6 Å². The van der Waals surface area contributed by atoms with E-state index in [0.717, 1.165) is 16.8 Å². The Labute approximate surface area is 107 Å². The van der Waals surface area contributed by atoms with Gasteiger partial charge < -0.3 is 10.6 Å². The van der Waals surface area contributed by atoms with Crippen LogP contribution in [0.4, 0.5) is 5.69 Å². The molecule has 1 amide bonds. The molecule has 0 fully saturated rings. The molecule has 92 valence electrons. The molecule has 18 heavy (non-hydrogen) atoms. The van der Waals surface area contributed by atoms with Gasteiger partial charge in [0.15, 0.2) is 0 Å². The van der Waals surface area contributed by atoms with Crippen LogP contribution in [0.3, 0.4) is 0 Å². The van der Waals surface area contributed by atoms with E-state index in [4.69, 9.17) is 0 Å². The zero-order valence-corrected chi connectivity index (χ0v) is 10.5. The molecule has 0 saturated heterocycles. The van der Waals surface area contributed by atoms with E-state index >= 15 is 0 Å². The van der Waals surface area contributed by atoms with Gasteiger partial charge in [-0.25, -0.2) is 0 Å². The molecule has 2 rings (SSSR count). The minimum Gasteiger partial charge on any atom is -0.368 e. The first-order valence-corrected chi connectivity index (χ1v) is 5.85.